The Labute approximate surface area is 162 Å². The number of carbonyl (C=O) groups excluding carboxylic acids is 4. The molecule has 4 rings (SSSR count). The van der Waals surface area contributed by atoms with Gasteiger partial charge in [-0.25, -0.2) is 18.4 Å². The van der Waals surface area contributed by atoms with Crippen molar-refractivity contribution in [1.82, 2.24) is 21.3 Å². The van der Waals surface area contributed by atoms with Crippen LogP contribution in [0.25, 0.3) is 0 Å². The van der Waals surface area contributed by atoms with Crippen molar-refractivity contribution in [1.29, 1.82) is 0 Å². The van der Waals surface area contributed by atoms with Crippen molar-refractivity contribution in [3.05, 3.63) is 71.3 Å². The van der Waals surface area contributed by atoms with E-state index < -0.39 is 53.0 Å². The normalized spacial score (nSPS) is 23.1. The highest BCUT2D eigenvalue weighted by Crippen LogP contribution is 2.48. The van der Waals surface area contributed by atoms with Gasteiger partial charge in [0, 0.05) is 0 Å². The van der Waals surface area contributed by atoms with Crippen molar-refractivity contribution < 1.29 is 28.0 Å². The van der Waals surface area contributed by atoms with Gasteiger partial charge in [0.25, 0.3) is 0 Å². The highest BCUT2D eigenvalue weighted by Gasteiger charge is 2.64. The highest BCUT2D eigenvalue weighted by atomic mass is 19.1. The maximum Gasteiger partial charge on any atom is 0.328 e. The van der Waals surface area contributed by atoms with Crippen LogP contribution in [0.3, 0.4) is 0 Å². The minimum atomic E-state index is -2.04. The van der Waals surface area contributed by atoms with Crippen LogP contribution in [0.15, 0.2) is 48.5 Å². The van der Waals surface area contributed by atoms with Crippen LogP contribution >= 0.6 is 0 Å². The topological polar surface area (TPSA) is 116 Å². The zero-order valence-electron chi connectivity index (χ0n) is 14.7. The minimum Gasteiger partial charge on any atom is -0.330 e. The molecule has 6 amide bonds. The Hall–Kier alpha value is -3.82. The number of amides is 6. The van der Waals surface area contributed by atoms with Crippen LogP contribution in [0.4, 0.5) is 18.4 Å². The van der Waals surface area contributed by atoms with Crippen LogP contribution in [-0.4, -0.2) is 23.9 Å². The summed E-state index contributed by atoms with van der Waals surface area (Å²) in [7, 11) is 0. The number of hydrogen-bond donors (Lipinski definition) is 4. The number of imide groups is 2. The second-order valence-electron chi connectivity index (χ2n) is 6.69. The van der Waals surface area contributed by atoms with Crippen LogP contribution in [0.5, 0.6) is 0 Å². The smallest absolute Gasteiger partial charge is 0.328 e. The third-order valence-electron chi connectivity index (χ3n) is 5.07. The Balaban J connectivity index is 1.93. The molecule has 2 aromatic rings. The molecule has 2 aromatic carbocycles. The first-order valence-electron chi connectivity index (χ1n) is 8.57. The van der Waals surface area contributed by atoms with E-state index in [-0.39, 0.29) is 11.1 Å². The molecule has 8 nitrogen and oxygen atoms in total. The van der Waals surface area contributed by atoms with Crippen molar-refractivity contribution in [3.63, 3.8) is 0 Å². The van der Waals surface area contributed by atoms with Gasteiger partial charge in [-0.2, -0.15) is 0 Å². The maximum atomic E-state index is 13.4. The molecule has 2 aliphatic heterocycles. The van der Waals surface area contributed by atoms with Crippen molar-refractivity contribution in [2.45, 2.75) is 12.1 Å². The number of urea groups is 2. The van der Waals surface area contributed by atoms with Gasteiger partial charge in [-0.15, -0.1) is 0 Å². The molecule has 0 aromatic heterocycles. The molecule has 4 N–H and O–H groups in total. The van der Waals surface area contributed by atoms with E-state index in [0.717, 1.165) is 24.3 Å². The predicted octanol–water partition coefficient (Wildman–Crippen LogP) is 1.41. The number of carbonyl (C=O) groups is 4. The molecule has 2 atom stereocenters. The molecule has 148 valence electrons. The third kappa shape index (κ3) is 2.89. The summed E-state index contributed by atoms with van der Waals surface area (Å²) in [6.07, 6.45) is 0. The SMILES string of the molecule is O=C1NC(=O)C2(C(=O)N1)[C@@H](c1ccc(F)cc1)NC(=O)N[C@H]2c1ccc(F)cc1. The van der Waals surface area contributed by atoms with Gasteiger partial charge in [-0.3, -0.25) is 20.2 Å². The number of barbiturate groups is 1. The summed E-state index contributed by atoms with van der Waals surface area (Å²) in [4.78, 5) is 50.2. The van der Waals surface area contributed by atoms with Crippen LogP contribution < -0.4 is 21.3 Å². The molecule has 2 saturated heterocycles. The summed E-state index contributed by atoms with van der Waals surface area (Å²) in [5.41, 5.74) is -1.50. The first-order chi connectivity index (χ1) is 13.8. The molecule has 1 spiro atoms. The molecule has 2 aliphatic rings. The van der Waals surface area contributed by atoms with Gasteiger partial charge in [0.15, 0.2) is 5.41 Å². The molecule has 2 heterocycles. The van der Waals surface area contributed by atoms with Crippen molar-refractivity contribution >= 4 is 23.9 Å². The standard InChI is InChI=1S/C19H14F2N4O4/c20-11-5-1-9(2-6-11)13-19(15(26)24-18(29)25-16(19)27)14(23-17(28)22-13)10-3-7-12(21)8-4-10/h1-8,13-14H,(H2,22,23,28)(H2,24,25,26,27,29)/t13-,14+. The summed E-state index contributed by atoms with van der Waals surface area (Å²) in [5.74, 6) is -3.01. The Bertz CT molecular complexity index is 944. The van der Waals surface area contributed by atoms with E-state index in [1.165, 1.54) is 24.3 Å². The first kappa shape index (κ1) is 18.5. The lowest BCUT2D eigenvalue weighted by Gasteiger charge is -2.48. The van der Waals surface area contributed by atoms with Gasteiger partial charge in [0.1, 0.15) is 11.6 Å². The van der Waals surface area contributed by atoms with Crippen LogP contribution in [0.1, 0.15) is 23.2 Å². The molecule has 0 bridgehead atoms. The molecular weight excluding hydrogens is 386 g/mol. The number of nitrogens with one attached hydrogen (secondary N) is 4. The average molecular weight is 400 g/mol. The molecule has 0 unspecified atom stereocenters. The second-order valence-corrected chi connectivity index (χ2v) is 6.69. The zero-order chi connectivity index (χ0) is 20.8. The quantitative estimate of drug-likeness (QED) is 0.571. The van der Waals surface area contributed by atoms with E-state index >= 15 is 0 Å². The zero-order valence-corrected chi connectivity index (χ0v) is 14.7. The van der Waals surface area contributed by atoms with E-state index in [9.17, 15) is 28.0 Å². The summed E-state index contributed by atoms with van der Waals surface area (Å²) >= 11 is 0. The minimum absolute atomic E-state index is 0.271. The molecule has 0 saturated carbocycles. The first-order valence-corrected chi connectivity index (χ1v) is 8.57. The van der Waals surface area contributed by atoms with E-state index in [4.69, 9.17) is 0 Å². The molecule has 10 heteroatoms. The summed E-state index contributed by atoms with van der Waals surface area (Å²) in [6, 6.07) is 5.61. The monoisotopic (exact) mass is 400 g/mol. The van der Waals surface area contributed by atoms with Crippen LogP contribution in [-0.2, 0) is 9.59 Å². The average Bonchev–Trinajstić information content (AvgIpc) is 2.67. The van der Waals surface area contributed by atoms with E-state index in [2.05, 4.69) is 21.3 Å². The van der Waals surface area contributed by atoms with Gasteiger partial charge in [-0.05, 0) is 35.4 Å². The van der Waals surface area contributed by atoms with E-state index in [1.54, 1.807) is 0 Å². The predicted molar refractivity (Wildman–Crippen MR) is 94.1 cm³/mol. The molecule has 0 aliphatic carbocycles. The molecule has 0 radical (unpaired) electrons. The van der Waals surface area contributed by atoms with Gasteiger partial charge < -0.3 is 10.6 Å². The number of benzene rings is 2. The number of halogens is 2. The molecule has 29 heavy (non-hydrogen) atoms. The maximum absolute atomic E-state index is 13.4. The Morgan fingerprint density at radius 1 is 0.621 bits per heavy atom. The van der Waals surface area contributed by atoms with Gasteiger partial charge in [0.05, 0.1) is 12.1 Å². The Morgan fingerprint density at radius 2 is 1.00 bits per heavy atom. The Kier molecular flexibility index (Phi) is 4.26. The largest absolute Gasteiger partial charge is 0.330 e. The highest BCUT2D eigenvalue weighted by molar-refractivity contribution is 6.21. The fraction of sp³-hybridized carbons (Fsp3) is 0.158. The van der Waals surface area contributed by atoms with Crippen LogP contribution in [0, 0.1) is 17.0 Å². The summed E-state index contributed by atoms with van der Waals surface area (Å²) < 4.78 is 26.8. The Morgan fingerprint density at radius 3 is 1.38 bits per heavy atom. The van der Waals surface area contributed by atoms with E-state index in [0.29, 0.717) is 0 Å². The molecule has 2 fully saturated rings. The summed E-state index contributed by atoms with van der Waals surface area (Å²) in [5, 5.41) is 9.16. The van der Waals surface area contributed by atoms with Gasteiger partial charge in [-0.1, -0.05) is 24.3 Å². The number of hydrogen-bond acceptors (Lipinski definition) is 4. The fourth-order valence-corrected chi connectivity index (χ4v) is 3.77. The van der Waals surface area contributed by atoms with Crippen molar-refractivity contribution in [3.8, 4) is 0 Å². The fourth-order valence-electron chi connectivity index (χ4n) is 3.77. The number of rotatable bonds is 2. The lowest BCUT2D eigenvalue weighted by Crippen LogP contribution is -2.73. The second kappa shape index (κ2) is 6.66. The third-order valence-corrected chi connectivity index (χ3v) is 5.07. The van der Waals surface area contributed by atoms with Gasteiger partial charge in [0.2, 0.25) is 11.8 Å². The van der Waals surface area contributed by atoms with Crippen molar-refractivity contribution in [2.24, 2.45) is 5.41 Å². The molecular formula is C19H14F2N4O4. The lowest BCUT2D eigenvalue weighted by molar-refractivity contribution is -0.150. The van der Waals surface area contributed by atoms with Gasteiger partial charge >= 0.3 is 12.1 Å². The van der Waals surface area contributed by atoms with Crippen molar-refractivity contribution in [2.75, 3.05) is 0 Å². The summed E-state index contributed by atoms with van der Waals surface area (Å²) in [6.45, 7) is 0. The van der Waals surface area contributed by atoms with E-state index in [1.807, 2.05) is 0 Å². The van der Waals surface area contributed by atoms with Crippen LogP contribution in [0.2, 0.25) is 0 Å². The lowest BCUT2D eigenvalue weighted by atomic mass is 9.65.